The smallest absolute Gasteiger partial charge is 0.319 e. The van der Waals surface area contributed by atoms with Crippen LogP contribution >= 0.6 is 34.8 Å². The maximum absolute atomic E-state index is 13.9. The fraction of sp³-hybridized carbons (Fsp3) is 0.200. The number of nitrogens with one attached hydrogen (secondary N) is 1. The zero-order chi connectivity index (χ0) is 32.6. The third-order valence-electron chi connectivity index (χ3n) is 7.29. The highest BCUT2D eigenvalue weighted by atomic mass is 35.5. The minimum atomic E-state index is -0.471. The number of rotatable bonds is 13. The van der Waals surface area contributed by atoms with E-state index in [9.17, 15) is 14.0 Å². The highest BCUT2D eigenvalue weighted by Gasteiger charge is 2.18. The summed E-state index contributed by atoms with van der Waals surface area (Å²) >= 11 is 19.5. The average Bonchev–Trinajstić information content (AvgIpc) is 3.03. The van der Waals surface area contributed by atoms with Gasteiger partial charge in [0.25, 0.3) is 5.56 Å². The average molecular weight is 683 g/mol. The third kappa shape index (κ3) is 8.00. The summed E-state index contributed by atoms with van der Waals surface area (Å²) in [6.07, 6.45) is 0.576. The molecule has 0 spiro atoms. The fourth-order valence-corrected chi connectivity index (χ4v) is 5.84. The second-order valence-corrected chi connectivity index (χ2v) is 11.7. The summed E-state index contributed by atoms with van der Waals surface area (Å²) in [5.74, 6) is -0.359. The van der Waals surface area contributed by atoms with Crippen molar-refractivity contribution in [2.45, 2.75) is 6.42 Å². The van der Waals surface area contributed by atoms with Crippen LogP contribution in [-0.2, 0) is 9.53 Å². The molecule has 0 aliphatic carbocycles. The van der Waals surface area contributed by atoms with Crippen molar-refractivity contribution in [1.29, 1.82) is 0 Å². The van der Waals surface area contributed by atoms with Crippen molar-refractivity contribution in [3.63, 3.8) is 0 Å². The van der Waals surface area contributed by atoms with Crippen LogP contribution in [0, 0.1) is 5.82 Å². The lowest BCUT2D eigenvalue weighted by atomic mass is 9.99. The second kappa shape index (κ2) is 15.5. The molecule has 238 valence electrons. The van der Waals surface area contributed by atoms with Gasteiger partial charge in [-0.3, -0.25) is 14.2 Å². The van der Waals surface area contributed by atoms with Gasteiger partial charge in [0.15, 0.2) is 0 Å². The van der Waals surface area contributed by atoms with Crippen molar-refractivity contribution in [1.82, 2.24) is 9.88 Å². The molecular formula is C35H31Cl3FN3O4. The summed E-state index contributed by atoms with van der Waals surface area (Å²) < 4.78 is 26.8. The first-order valence-corrected chi connectivity index (χ1v) is 15.7. The summed E-state index contributed by atoms with van der Waals surface area (Å²) in [6.45, 7) is 1.74. The lowest BCUT2D eigenvalue weighted by molar-refractivity contribution is -0.142. The van der Waals surface area contributed by atoms with E-state index in [4.69, 9.17) is 44.3 Å². The van der Waals surface area contributed by atoms with Gasteiger partial charge in [0.1, 0.15) is 18.2 Å². The van der Waals surface area contributed by atoms with Crippen molar-refractivity contribution in [2.24, 2.45) is 0 Å². The Morgan fingerprint density at radius 2 is 1.63 bits per heavy atom. The van der Waals surface area contributed by atoms with Crippen molar-refractivity contribution in [3.8, 4) is 22.6 Å². The number of anilines is 1. The Balaban J connectivity index is 1.27. The lowest BCUT2D eigenvalue weighted by Gasteiger charge is -2.19. The Morgan fingerprint density at radius 3 is 2.37 bits per heavy atom. The number of aromatic nitrogens is 1. The SMILES string of the molecule is CN(CCOC(=O)CNCCCOc1cc(-c2ccc(F)cc2Cl)c2ccc(=O)n(-c3c(Cl)cccc3Cl)c2c1)c1ccccc1. The molecule has 0 bridgehead atoms. The Morgan fingerprint density at radius 1 is 0.870 bits per heavy atom. The monoisotopic (exact) mass is 681 g/mol. The van der Waals surface area contributed by atoms with Crippen molar-refractivity contribution >= 4 is 57.4 Å². The topological polar surface area (TPSA) is 72.8 Å². The number of fused-ring (bicyclic) bond motifs is 1. The Labute approximate surface area is 281 Å². The second-order valence-electron chi connectivity index (χ2n) is 10.5. The molecule has 5 aromatic rings. The normalized spacial score (nSPS) is 11.1. The molecule has 46 heavy (non-hydrogen) atoms. The molecule has 4 aromatic carbocycles. The molecule has 0 saturated heterocycles. The Bertz CT molecular complexity index is 1880. The van der Waals surface area contributed by atoms with Crippen molar-refractivity contribution < 1.29 is 18.7 Å². The van der Waals surface area contributed by atoms with Crippen LogP contribution in [0.15, 0.2) is 95.8 Å². The van der Waals surface area contributed by atoms with Gasteiger partial charge in [-0.2, -0.15) is 0 Å². The molecule has 0 aliphatic heterocycles. The predicted molar refractivity (Wildman–Crippen MR) is 184 cm³/mol. The van der Waals surface area contributed by atoms with E-state index in [-0.39, 0.29) is 29.7 Å². The molecule has 1 N–H and O–H groups in total. The highest BCUT2D eigenvalue weighted by molar-refractivity contribution is 6.38. The van der Waals surface area contributed by atoms with Gasteiger partial charge in [-0.05, 0) is 73.1 Å². The number of para-hydroxylation sites is 2. The van der Waals surface area contributed by atoms with Gasteiger partial charge in [-0.25, -0.2) is 4.39 Å². The first-order chi connectivity index (χ1) is 22.2. The molecule has 7 nitrogen and oxygen atoms in total. The number of hydrogen-bond donors (Lipinski definition) is 1. The van der Waals surface area contributed by atoms with Crippen molar-refractivity contribution in [2.75, 3.05) is 44.8 Å². The van der Waals surface area contributed by atoms with Crippen LogP contribution in [0.1, 0.15) is 6.42 Å². The first-order valence-electron chi connectivity index (χ1n) is 14.6. The number of nitrogens with zero attached hydrogens (tertiary/aromatic N) is 2. The molecule has 0 amide bonds. The van der Waals surface area contributed by atoms with E-state index in [0.717, 1.165) is 5.69 Å². The number of carbonyl (C=O) groups excluding carboxylic acids is 1. The molecule has 0 saturated carbocycles. The summed E-state index contributed by atoms with van der Waals surface area (Å²) in [4.78, 5) is 27.4. The van der Waals surface area contributed by atoms with Gasteiger partial charge < -0.3 is 19.7 Å². The number of benzene rings is 4. The summed E-state index contributed by atoms with van der Waals surface area (Å²) in [5.41, 5.74) is 2.70. The largest absolute Gasteiger partial charge is 0.493 e. The van der Waals surface area contributed by atoms with Gasteiger partial charge in [0, 0.05) is 35.8 Å². The van der Waals surface area contributed by atoms with Crippen molar-refractivity contribution in [3.05, 3.63) is 122 Å². The number of esters is 1. The standard InChI is InChI=1S/C35H31Cl3FN3O4/c1-41(24-7-3-2-4-8-24)16-18-46-34(44)22-40-15-6-17-45-25-20-28(26-12-11-23(39)19-31(26)38)27-13-14-33(43)42(32(27)21-25)35-29(36)9-5-10-30(35)37/h2-5,7-14,19-21,40H,6,15-18,22H2,1H3. The van der Waals surface area contributed by atoms with Crippen LogP contribution in [0.2, 0.25) is 15.1 Å². The molecular weight excluding hydrogens is 652 g/mol. The van der Waals surface area contributed by atoms with Crippen LogP contribution < -0.4 is 20.5 Å². The third-order valence-corrected chi connectivity index (χ3v) is 8.21. The quantitative estimate of drug-likeness (QED) is 0.101. The number of halogens is 4. The van der Waals surface area contributed by atoms with Gasteiger partial charge >= 0.3 is 5.97 Å². The van der Waals surface area contributed by atoms with E-state index in [1.807, 2.05) is 42.3 Å². The molecule has 1 aromatic heterocycles. The minimum absolute atomic E-state index is 0.0725. The molecule has 0 radical (unpaired) electrons. The molecule has 0 aliphatic rings. The van der Waals surface area contributed by atoms with E-state index in [1.54, 1.807) is 42.5 Å². The molecule has 0 unspecified atom stereocenters. The first kappa shape index (κ1) is 33.3. The van der Waals surface area contributed by atoms with Crippen LogP contribution in [0.25, 0.3) is 27.7 Å². The van der Waals surface area contributed by atoms with E-state index in [1.165, 1.54) is 22.8 Å². The zero-order valence-corrected chi connectivity index (χ0v) is 27.2. The number of hydrogen-bond acceptors (Lipinski definition) is 6. The van der Waals surface area contributed by atoms with Gasteiger partial charge in [-0.1, -0.05) is 59.1 Å². The molecule has 0 atom stereocenters. The summed E-state index contributed by atoms with van der Waals surface area (Å²) in [5, 5.41) is 4.53. The lowest BCUT2D eigenvalue weighted by Crippen LogP contribution is -2.29. The van der Waals surface area contributed by atoms with E-state index >= 15 is 0 Å². The molecule has 0 fully saturated rings. The van der Waals surface area contributed by atoms with E-state index in [2.05, 4.69) is 5.32 Å². The number of ether oxygens (including phenoxy) is 2. The fourth-order valence-electron chi connectivity index (χ4n) is 5.00. The van der Waals surface area contributed by atoms with Crippen LogP contribution in [0.5, 0.6) is 5.75 Å². The minimum Gasteiger partial charge on any atom is -0.493 e. The van der Waals surface area contributed by atoms with E-state index in [0.29, 0.717) is 69.6 Å². The van der Waals surface area contributed by atoms with Crippen LogP contribution in [0.4, 0.5) is 10.1 Å². The molecule has 1 heterocycles. The van der Waals surface area contributed by atoms with Gasteiger partial charge in [0.05, 0.1) is 46.0 Å². The molecule has 11 heteroatoms. The predicted octanol–water partition coefficient (Wildman–Crippen LogP) is 7.80. The maximum Gasteiger partial charge on any atom is 0.319 e. The summed E-state index contributed by atoms with van der Waals surface area (Å²) in [7, 11) is 1.94. The van der Waals surface area contributed by atoms with Gasteiger partial charge in [-0.15, -0.1) is 0 Å². The summed E-state index contributed by atoms with van der Waals surface area (Å²) in [6, 6.07) is 25.6. The van der Waals surface area contributed by atoms with Crippen LogP contribution in [-0.4, -0.2) is 50.4 Å². The number of likely N-dealkylation sites (N-methyl/N-ethyl adjacent to an activating group) is 1. The van der Waals surface area contributed by atoms with Gasteiger partial charge in [0.2, 0.25) is 0 Å². The Kier molecular flexibility index (Phi) is 11.2. The number of pyridine rings is 1. The zero-order valence-electron chi connectivity index (χ0n) is 24.9. The highest BCUT2D eigenvalue weighted by Crippen LogP contribution is 2.38. The van der Waals surface area contributed by atoms with Crippen LogP contribution in [0.3, 0.4) is 0 Å². The Hall–Kier alpha value is -4.08. The number of carbonyl (C=O) groups is 1. The molecule has 5 rings (SSSR count). The van der Waals surface area contributed by atoms with E-state index < -0.39 is 5.82 Å². The maximum atomic E-state index is 13.9.